The molecular weight excluding hydrogens is 186 g/mol. The first kappa shape index (κ1) is 11.6. The van der Waals surface area contributed by atoms with Crippen molar-refractivity contribution in [3.8, 4) is 0 Å². The Morgan fingerprint density at radius 3 is 2.73 bits per heavy atom. The van der Waals surface area contributed by atoms with E-state index >= 15 is 0 Å². The maximum atomic E-state index is 5.72. The first-order valence-corrected chi connectivity index (χ1v) is 5.42. The fourth-order valence-corrected chi connectivity index (χ4v) is 1.48. The summed E-state index contributed by atoms with van der Waals surface area (Å²) in [6.07, 6.45) is 2.19. The van der Waals surface area contributed by atoms with Crippen molar-refractivity contribution in [3.05, 3.63) is 29.8 Å². The van der Waals surface area contributed by atoms with E-state index in [1.54, 1.807) is 0 Å². The molecule has 0 aromatic heterocycles. The van der Waals surface area contributed by atoms with Crippen LogP contribution in [0.3, 0.4) is 0 Å². The van der Waals surface area contributed by atoms with E-state index in [4.69, 9.17) is 5.73 Å². The van der Waals surface area contributed by atoms with Gasteiger partial charge in [0.05, 0.1) is 0 Å². The lowest BCUT2D eigenvalue weighted by Crippen LogP contribution is -2.23. The quantitative estimate of drug-likeness (QED) is 0.585. The molecule has 0 fully saturated rings. The fourth-order valence-electron chi connectivity index (χ4n) is 1.48. The number of hydrogen-bond donors (Lipinski definition) is 2. The lowest BCUT2D eigenvalue weighted by atomic mass is 10.1. The first-order chi connectivity index (χ1) is 7.27. The number of rotatable bonds is 4. The van der Waals surface area contributed by atoms with E-state index in [9.17, 15) is 0 Å². The average molecular weight is 205 g/mol. The van der Waals surface area contributed by atoms with Gasteiger partial charge < -0.3 is 11.1 Å². The number of para-hydroxylation sites is 1. The molecule has 3 heteroatoms. The van der Waals surface area contributed by atoms with Crippen LogP contribution in [0.4, 0.5) is 5.69 Å². The molecule has 0 aliphatic rings. The maximum absolute atomic E-state index is 5.72. The molecule has 0 radical (unpaired) electrons. The van der Waals surface area contributed by atoms with E-state index in [1.165, 1.54) is 5.56 Å². The number of nitrogens with one attached hydrogen (secondary N) is 1. The topological polar surface area (TPSA) is 50.4 Å². The van der Waals surface area contributed by atoms with Crippen LogP contribution in [0.1, 0.15) is 25.8 Å². The summed E-state index contributed by atoms with van der Waals surface area (Å²) in [5.74, 6) is 0.487. The molecule has 0 saturated heterocycles. The number of aryl methyl sites for hydroxylation is 1. The Labute approximate surface area is 91.4 Å². The van der Waals surface area contributed by atoms with Crippen molar-refractivity contribution >= 4 is 11.6 Å². The number of nitrogens with two attached hydrogens (primary N) is 1. The first-order valence-electron chi connectivity index (χ1n) is 5.42. The zero-order valence-corrected chi connectivity index (χ0v) is 9.46. The number of guanidine groups is 1. The molecule has 1 aromatic rings. The molecule has 82 valence electrons. The molecule has 3 nitrogen and oxygen atoms in total. The molecule has 0 amide bonds. The highest BCUT2D eigenvalue weighted by Gasteiger charge is 2.00. The number of aliphatic imine (C=N–C) groups is 1. The van der Waals surface area contributed by atoms with Gasteiger partial charge in [0, 0.05) is 12.2 Å². The smallest absolute Gasteiger partial charge is 0.193 e. The number of benzene rings is 1. The molecular formula is C12H19N3. The van der Waals surface area contributed by atoms with Gasteiger partial charge in [0.25, 0.3) is 0 Å². The summed E-state index contributed by atoms with van der Waals surface area (Å²) in [6.45, 7) is 4.83. The Bertz CT molecular complexity index is 331. The molecule has 0 bridgehead atoms. The Morgan fingerprint density at radius 1 is 1.33 bits per heavy atom. The molecule has 15 heavy (non-hydrogen) atoms. The minimum atomic E-state index is 0.487. The van der Waals surface area contributed by atoms with Crippen LogP contribution in [0.5, 0.6) is 0 Å². The summed E-state index contributed by atoms with van der Waals surface area (Å²) in [5, 5.41) is 3.12. The van der Waals surface area contributed by atoms with Gasteiger partial charge in [0.1, 0.15) is 0 Å². The Hall–Kier alpha value is -1.51. The van der Waals surface area contributed by atoms with E-state index in [2.05, 4.69) is 23.3 Å². The highest BCUT2D eigenvalue weighted by atomic mass is 15.1. The van der Waals surface area contributed by atoms with E-state index in [1.807, 2.05) is 25.1 Å². The van der Waals surface area contributed by atoms with Crippen molar-refractivity contribution in [3.63, 3.8) is 0 Å². The molecule has 0 unspecified atom stereocenters. The van der Waals surface area contributed by atoms with Gasteiger partial charge in [0.15, 0.2) is 5.96 Å². The van der Waals surface area contributed by atoms with Gasteiger partial charge in [-0.25, -0.2) is 0 Å². The van der Waals surface area contributed by atoms with Gasteiger partial charge >= 0.3 is 0 Å². The third kappa shape index (κ3) is 3.62. The lowest BCUT2D eigenvalue weighted by Gasteiger charge is -2.10. The molecule has 0 saturated carbocycles. The summed E-state index contributed by atoms with van der Waals surface area (Å²) >= 11 is 0. The van der Waals surface area contributed by atoms with E-state index < -0.39 is 0 Å². The maximum Gasteiger partial charge on any atom is 0.193 e. The van der Waals surface area contributed by atoms with Gasteiger partial charge in [-0.1, -0.05) is 31.5 Å². The van der Waals surface area contributed by atoms with E-state index in [0.29, 0.717) is 12.5 Å². The largest absolute Gasteiger partial charge is 0.370 e. The summed E-state index contributed by atoms with van der Waals surface area (Å²) < 4.78 is 0. The molecule has 0 atom stereocenters. The van der Waals surface area contributed by atoms with Crippen molar-refractivity contribution in [2.24, 2.45) is 10.7 Å². The van der Waals surface area contributed by atoms with Crippen LogP contribution >= 0.6 is 0 Å². The third-order valence-electron chi connectivity index (χ3n) is 2.13. The van der Waals surface area contributed by atoms with Crippen LogP contribution < -0.4 is 11.1 Å². The van der Waals surface area contributed by atoms with E-state index in [-0.39, 0.29) is 0 Å². The molecule has 0 aliphatic carbocycles. The van der Waals surface area contributed by atoms with Crippen molar-refractivity contribution in [1.29, 1.82) is 0 Å². The third-order valence-corrected chi connectivity index (χ3v) is 2.13. The second-order valence-corrected chi connectivity index (χ2v) is 3.39. The van der Waals surface area contributed by atoms with Crippen LogP contribution in [0, 0.1) is 0 Å². The monoisotopic (exact) mass is 205 g/mol. The lowest BCUT2D eigenvalue weighted by molar-refractivity contribution is 0.923. The molecule has 0 heterocycles. The summed E-state index contributed by atoms with van der Waals surface area (Å²) in [6, 6.07) is 8.19. The second kappa shape index (κ2) is 6.06. The number of anilines is 1. The number of hydrogen-bond acceptors (Lipinski definition) is 1. The van der Waals surface area contributed by atoms with Gasteiger partial charge in [-0.2, -0.15) is 0 Å². The summed E-state index contributed by atoms with van der Waals surface area (Å²) in [5.41, 5.74) is 8.07. The van der Waals surface area contributed by atoms with Gasteiger partial charge in [0.2, 0.25) is 0 Å². The van der Waals surface area contributed by atoms with Crippen LogP contribution in [0.15, 0.2) is 29.3 Å². The highest BCUT2D eigenvalue weighted by molar-refractivity contribution is 5.92. The molecule has 1 aromatic carbocycles. The van der Waals surface area contributed by atoms with Gasteiger partial charge in [-0.15, -0.1) is 0 Å². The van der Waals surface area contributed by atoms with E-state index in [0.717, 1.165) is 18.5 Å². The average Bonchev–Trinajstić information content (AvgIpc) is 2.21. The zero-order valence-electron chi connectivity index (χ0n) is 9.46. The molecule has 0 aliphatic heterocycles. The SMILES string of the molecule is CCCc1ccccc1NC(N)=NCC. The number of nitrogens with zero attached hydrogens (tertiary/aromatic N) is 1. The summed E-state index contributed by atoms with van der Waals surface area (Å²) in [4.78, 5) is 4.10. The van der Waals surface area contributed by atoms with Crippen LogP contribution in [0.25, 0.3) is 0 Å². The highest BCUT2D eigenvalue weighted by Crippen LogP contribution is 2.16. The van der Waals surface area contributed by atoms with Gasteiger partial charge in [-0.3, -0.25) is 4.99 Å². The molecule has 0 spiro atoms. The normalized spacial score (nSPS) is 11.5. The molecule has 3 N–H and O–H groups in total. The minimum absolute atomic E-state index is 0.487. The molecule has 1 rings (SSSR count). The van der Waals surface area contributed by atoms with Crippen molar-refractivity contribution in [1.82, 2.24) is 0 Å². The fraction of sp³-hybridized carbons (Fsp3) is 0.417. The van der Waals surface area contributed by atoms with Crippen LogP contribution in [0.2, 0.25) is 0 Å². The Morgan fingerprint density at radius 2 is 2.07 bits per heavy atom. The minimum Gasteiger partial charge on any atom is -0.370 e. The second-order valence-electron chi connectivity index (χ2n) is 3.39. The Kier molecular flexibility index (Phi) is 4.68. The van der Waals surface area contributed by atoms with Gasteiger partial charge in [-0.05, 0) is 25.0 Å². The van der Waals surface area contributed by atoms with Crippen LogP contribution in [-0.2, 0) is 6.42 Å². The van der Waals surface area contributed by atoms with Crippen molar-refractivity contribution < 1.29 is 0 Å². The summed E-state index contributed by atoms with van der Waals surface area (Å²) in [7, 11) is 0. The predicted octanol–water partition coefficient (Wildman–Crippen LogP) is 2.39. The Balaban J connectivity index is 2.79. The zero-order chi connectivity index (χ0) is 11.1. The van der Waals surface area contributed by atoms with Crippen molar-refractivity contribution in [2.75, 3.05) is 11.9 Å². The van der Waals surface area contributed by atoms with Crippen LogP contribution in [-0.4, -0.2) is 12.5 Å². The van der Waals surface area contributed by atoms with Crippen molar-refractivity contribution in [2.45, 2.75) is 26.7 Å². The predicted molar refractivity (Wildman–Crippen MR) is 66.2 cm³/mol. The standard InChI is InChI=1S/C12H19N3/c1-3-7-10-8-5-6-9-11(10)15-12(13)14-4-2/h5-6,8-9H,3-4,7H2,1-2H3,(H3,13,14,15).